The maximum absolute atomic E-state index is 12.6. The van der Waals surface area contributed by atoms with Gasteiger partial charge in [-0.05, 0) is 35.9 Å². The molecule has 8 nitrogen and oxygen atoms in total. The van der Waals surface area contributed by atoms with Gasteiger partial charge >= 0.3 is 0 Å². The van der Waals surface area contributed by atoms with Crippen LogP contribution in [0.1, 0.15) is 16.1 Å². The van der Waals surface area contributed by atoms with Gasteiger partial charge in [0.05, 0.1) is 17.4 Å². The van der Waals surface area contributed by atoms with Crippen LogP contribution in [0.4, 0.5) is 5.69 Å². The quantitative estimate of drug-likeness (QED) is 0.537. The summed E-state index contributed by atoms with van der Waals surface area (Å²) in [6.45, 7) is 0.555. The van der Waals surface area contributed by atoms with Crippen LogP contribution in [0.5, 0.6) is 0 Å². The summed E-state index contributed by atoms with van der Waals surface area (Å²) >= 11 is 0. The van der Waals surface area contributed by atoms with Gasteiger partial charge in [-0.3, -0.25) is 24.2 Å². The number of nitrogens with one attached hydrogen (secondary N) is 1. The van der Waals surface area contributed by atoms with Crippen molar-refractivity contribution in [3.05, 3.63) is 84.6 Å². The number of fused-ring (bicyclic) bond motifs is 1. The van der Waals surface area contributed by atoms with Crippen LogP contribution in [0.15, 0.2) is 73.3 Å². The van der Waals surface area contributed by atoms with E-state index in [2.05, 4.69) is 20.4 Å². The van der Waals surface area contributed by atoms with Gasteiger partial charge in [-0.2, -0.15) is 5.10 Å². The largest absolute Gasteiger partial charge is 0.340 e. The second kappa shape index (κ2) is 8.52. The second-order valence-corrected chi connectivity index (χ2v) is 6.88. The molecule has 0 aliphatic rings. The first-order valence-electron chi connectivity index (χ1n) is 9.41. The van der Waals surface area contributed by atoms with Gasteiger partial charge in [0, 0.05) is 37.6 Å². The van der Waals surface area contributed by atoms with E-state index in [4.69, 9.17) is 0 Å². The van der Waals surface area contributed by atoms with E-state index in [0.717, 1.165) is 16.5 Å². The molecular formula is C22H20N6O2. The minimum atomic E-state index is -0.329. The molecule has 2 amide bonds. The number of pyridine rings is 2. The van der Waals surface area contributed by atoms with Crippen LogP contribution in [0.25, 0.3) is 10.9 Å². The average molecular weight is 400 g/mol. The lowest BCUT2D eigenvalue weighted by atomic mass is 10.1. The highest BCUT2D eigenvalue weighted by molar-refractivity contribution is 6.02. The van der Waals surface area contributed by atoms with Gasteiger partial charge in [-0.1, -0.05) is 18.2 Å². The van der Waals surface area contributed by atoms with Crippen molar-refractivity contribution in [2.24, 2.45) is 0 Å². The van der Waals surface area contributed by atoms with Crippen molar-refractivity contribution in [2.45, 2.75) is 13.1 Å². The first-order chi connectivity index (χ1) is 14.6. The molecule has 8 heteroatoms. The van der Waals surface area contributed by atoms with Crippen LogP contribution in [0.3, 0.4) is 0 Å². The van der Waals surface area contributed by atoms with Crippen molar-refractivity contribution in [3.8, 4) is 0 Å². The highest BCUT2D eigenvalue weighted by atomic mass is 16.2. The third-order valence-corrected chi connectivity index (χ3v) is 4.60. The fraction of sp³-hybridized carbons (Fsp3) is 0.136. The van der Waals surface area contributed by atoms with Gasteiger partial charge in [0.2, 0.25) is 5.91 Å². The molecule has 1 aromatic carbocycles. The van der Waals surface area contributed by atoms with Crippen LogP contribution in [0, 0.1) is 0 Å². The number of likely N-dealkylation sites (N-methyl/N-ethyl adjacent to an activating group) is 1. The third kappa shape index (κ3) is 4.49. The summed E-state index contributed by atoms with van der Waals surface area (Å²) in [5.74, 6) is -0.420. The molecule has 0 atom stereocenters. The van der Waals surface area contributed by atoms with E-state index in [9.17, 15) is 9.59 Å². The topological polar surface area (TPSA) is 93.0 Å². The van der Waals surface area contributed by atoms with Gasteiger partial charge in [0.25, 0.3) is 5.91 Å². The van der Waals surface area contributed by atoms with Crippen molar-refractivity contribution in [1.82, 2.24) is 24.6 Å². The molecule has 0 bridgehead atoms. The Bertz CT molecular complexity index is 1190. The summed E-state index contributed by atoms with van der Waals surface area (Å²) in [5, 5.41) is 7.92. The molecule has 1 N–H and O–H groups in total. The Morgan fingerprint density at radius 1 is 1.07 bits per heavy atom. The number of carbonyl (C=O) groups excluding carboxylic acids is 2. The molecule has 0 aliphatic heterocycles. The van der Waals surface area contributed by atoms with E-state index in [0.29, 0.717) is 17.9 Å². The van der Waals surface area contributed by atoms with Crippen molar-refractivity contribution < 1.29 is 9.59 Å². The molecule has 30 heavy (non-hydrogen) atoms. The molecule has 0 radical (unpaired) electrons. The lowest BCUT2D eigenvalue weighted by Crippen LogP contribution is -2.29. The summed E-state index contributed by atoms with van der Waals surface area (Å²) in [7, 11) is 1.75. The van der Waals surface area contributed by atoms with Crippen LogP contribution >= 0.6 is 0 Å². The Morgan fingerprint density at radius 2 is 1.93 bits per heavy atom. The molecule has 150 valence electrons. The average Bonchev–Trinajstić information content (AvgIpc) is 3.20. The van der Waals surface area contributed by atoms with Gasteiger partial charge in [0.15, 0.2) is 0 Å². The molecule has 0 saturated heterocycles. The second-order valence-electron chi connectivity index (χ2n) is 6.88. The van der Waals surface area contributed by atoms with Gasteiger partial charge in [-0.15, -0.1) is 0 Å². The molecular weight excluding hydrogens is 380 g/mol. The molecule has 0 unspecified atom stereocenters. The zero-order valence-electron chi connectivity index (χ0n) is 16.4. The number of benzene rings is 1. The van der Waals surface area contributed by atoms with Gasteiger partial charge < -0.3 is 10.2 Å². The highest BCUT2D eigenvalue weighted by Crippen LogP contribution is 2.15. The summed E-state index contributed by atoms with van der Waals surface area (Å²) in [4.78, 5) is 34.7. The molecule has 4 aromatic rings. The third-order valence-electron chi connectivity index (χ3n) is 4.60. The van der Waals surface area contributed by atoms with E-state index in [1.54, 1.807) is 48.7 Å². The SMILES string of the molecule is CN(Cc1ccc2ncccc2c1)C(=O)Cn1cc(NC(=O)c2ccccn2)cn1. The number of carbonyl (C=O) groups is 2. The van der Waals surface area contributed by atoms with Crippen LogP contribution in [0.2, 0.25) is 0 Å². The maximum Gasteiger partial charge on any atom is 0.274 e. The lowest BCUT2D eigenvalue weighted by molar-refractivity contribution is -0.131. The van der Waals surface area contributed by atoms with Crippen molar-refractivity contribution in [2.75, 3.05) is 12.4 Å². The number of nitrogens with zero attached hydrogens (tertiary/aromatic N) is 5. The maximum atomic E-state index is 12.6. The minimum Gasteiger partial charge on any atom is -0.340 e. The summed E-state index contributed by atoms with van der Waals surface area (Å²) in [6, 6.07) is 15.0. The fourth-order valence-corrected chi connectivity index (χ4v) is 3.05. The Kier molecular flexibility index (Phi) is 5.47. The smallest absolute Gasteiger partial charge is 0.274 e. The molecule has 0 spiro atoms. The van der Waals surface area contributed by atoms with E-state index < -0.39 is 0 Å². The zero-order valence-corrected chi connectivity index (χ0v) is 16.4. The predicted octanol–water partition coefficient (Wildman–Crippen LogP) is 2.74. The Labute approximate surface area is 173 Å². The summed E-state index contributed by atoms with van der Waals surface area (Å²) in [5.41, 5.74) is 2.76. The van der Waals surface area contributed by atoms with Crippen molar-refractivity contribution in [3.63, 3.8) is 0 Å². The standard InChI is InChI=1S/C22H20N6O2/c1-27(13-16-7-8-19-17(11-16)5-4-10-23-19)21(29)15-28-14-18(12-25-28)26-22(30)20-6-2-3-9-24-20/h2-12,14H,13,15H2,1H3,(H,26,30). The number of hydrogen-bond acceptors (Lipinski definition) is 5. The van der Waals surface area contributed by atoms with Crippen LogP contribution in [-0.4, -0.2) is 43.5 Å². The Morgan fingerprint density at radius 3 is 2.77 bits per heavy atom. The Balaban J connectivity index is 1.35. The molecule has 4 rings (SSSR count). The van der Waals surface area contributed by atoms with E-state index in [1.807, 2.05) is 30.3 Å². The number of hydrogen-bond donors (Lipinski definition) is 1. The van der Waals surface area contributed by atoms with Crippen molar-refractivity contribution >= 4 is 28.4 Å². The summed E-state index contributed by atoms with van der Waals surface area (Å²) < 4.78 is 1.50. The fourth-order valence-electron chi connectivity index (χ4n) is 3.05. The minimum absolute atomic E-state index is 0.0745. The monoisotopic (exact) mass is 400 g/mol. The first-order valence-corrected chi connectivity index (χ1v) is 9.41. The van der Waals surface area contributed by atoms with Gasteiger partial charge in [0.1, 0.15) is 12.2 Å². The lowest BCUT2D eigenvalue weighted by Gasteiger charge is -2.17. The number of rotatable bonds is 6. The van der Waals surface area contributed by atoms with E-state index in [1.165, 1.54) is 10.9 Å². The highest BCUT2D eigenvalue weighted by Gasteiger charge is 2.13. The van der Waals surface area contributed by atoms with Crippen molar-refractivity contribution in [1.29, 1.82) is 0 Å². The zero-order chi connectivity index (χ0) is 20.9. The molecule has 3 heterocycles. The molecule has 3 aromatic heterocycles. The molecule has 0 saturated carbocycles. The number of aromatic nitrogens is 4. The molecule has 0 aliphatic carbocycles. The molecule has 0 fully saturated rings. The van der Waals surface area contributed by atoms with Gasteiger partial charge in [-0.25, -0.2) is 0 Å². The Hall–Kier alpha value is -4.07. The van der Waals surface area contributed by atoms with Crippen LogP contribution < -0.4 is 5.32 Å². The first kappa shape index (κ1) is 19.3. The van der Waals surface area contributed by atoms with Crippen LogP contribution in [-0.2, 0) is 17.9 Å². The summed E-state index contributed by atoms with van der Waals surface area (Å²) in [6.07, 6.45) is 6.44. The normalized spacial score (nSPS) is 10.7. The van der Waals surface area contributed by atoms with E-state index >= 15 is 0 Å². The van der Waals surface area contributed by atoms with E-state index in [-0.39, 0.29) is 18.4 Å². The number of anilines is 1. The number of amides is 2. The predicted molar refractivity (Wildman–Crippen MR) is 113 cm³/mol.